The van der Waals surface area contributed by atoms with Gasteiger partial charge in [0.05, 0.1) is 10.5 Å². The number of amides is 1. The largest absolute Gasteiger partial charge is 0.356 e. The summed E-state index contributed by atoms with van der Waals surface area (Å²) >= 11 is 1.46. The summed E-state index contributed by atoms with van der Waals surface area (Å²) in [7, 11) is 0. The van der Waals surface area contributed by atoms with Gasteiger partial charge in [-0.15, -0.1) is 0 Å². The number of aromatic nitrogens is 1. The van der Waals surface area contributed by atoms with E-state index in [1.807, 2.05) is 6.92 Å². The number of nitrogens with zero attached hydrogens (tertiary/aromatic N) is 3. The maximum atomic E-state index is 12.7. The minimum atomic E-state index is -0.438. The fourth-order valence-electron chi connectivity index (χ4n) is 2.47. The third-order valence-corrected chi connectivity index (χ3v) is 4.75. The number of hydrogen-bond acceptors (Lipinski definition) is 6. The number of non-ortho nitro benzene ring substituents is 1. The zero-order chi connectivity index (χ0) is 17.1. The molecule has 1 aliphatic heterocycles. The Labute approximate surface area is 143 Å². The molecule has 1 atom stereocenters. The fourth-order valence-corrected chi connectivity index (χ4v) is 3.61. The number of thioether (sulfide) groups is 1. The van der Waals surface area contributed by atoms with Crippen LogP contribution in [0.3, 0.4) is 0 Å². The van der Waals surface area contributed by atoms with Crippen LogP contribution in [-0.2, 0) is 0 Å². The lowest BCUT2D eigenvalue weighted by atomic mass is 10.2. The first-order valence-corrected chi connectivity index (χ1v) is 8.41. The number of nitrogens with one attached hydrogen (secondary N) is 1. The van der Waals surface area contributed by atoms with Gasteiger partial charge in [-0.25, -0.2) is 4.98 Å². The fraction of sp³-hybridized carbons (Fsp3) is 0.250. The van der Waals surface area contributed by atoms with E-state index in [0.717, 1.165) is 6.42 Å². The summed E-state index contributed by atoms with van der Waals surface area (Å²) in [6.45, 7) is 2.63. The first-order valence-electron chi connectivity index (χ1n) is 7.54. The molecule has 2 aromatic rings. The summed E-state index contributed by atoms with van der Waals surface area (Å²) in [5.41, 5.74) is 1.05. The van der Waals surface area contributed by atoms with Gasteiger partial charge < -0.3 is 10.2 Å². The molecular weight excluding hydrogens is 328 g/mol. The standard InChI is InChI=1S/C16H16N4O3S/c1-2-10-19-15(21)13-4-3-9-17-14(13)24-16(19)18-11-5-7-12(8-6-11)20(22)23/h3-9,16,18H,2,10H2,1H3. The molecule has 24 heavy (non-hydrogen) atoms. The van der Waals surface area contributed by atoms with Gasteiger partial charge in [-0.05, 0) is 30.7 Å². The highest BCUT2D eigenvalue weighted by Crippen LogP contribution is 2.34. The molecule has 1 unspecified atom stereocenters. The van der Waals surface area contributed by atoms with Crippen LogP contribution in [0.25, 0.3) is 0 Å². The Morgan fingerprint density at radius 1 is 1.33 bits per heavy atom. The molecule has 1 amide bonds. The number of anilines is 1. The normalized spacial score (nSPS) is 16.6. The van der Waals surface area contributed by atoms with Crippen molar-refractivity contribution in [3.05, 3.63) is 58.3 Å². The first-order chi connectivity index (χ1) is 11.6. The van der Waals surface area contributed by atoms with Crippen LogP contribution >= 0.6 is 11.8 Å². The number of carbonyl (C=O) groups excluding carboxylic acids is 1. The Hall–Kier alpha value is -2.61. The van der Waals surface area contributed by atoms with Crippen LogP contribution < -0.4 is 5.32 Å². The van der Waals surface area contributed by atoms with Crippen molar-refractivity contribution < 1.29 is 9.72 Å². The van der Waals surface area contributed by atoms with Gasteiger partial charge in [0.15, 0.2) is 5.50 Å². The quantitative estimate of drug-likeness (QED) is 0.661. The molecule has 0 bridgehead atoms. The predicted octanol–water partition coefficient (Wildman–Crippen LogP) is 3.34. The topological polar surface area (TPSA) is 88.4 Å². The molecular formula is C16H16N4O3S. The number of benzene rings is 1. The molecule has 1 aliphatic rings. The van der Waals surface area contributed by atoms with Crippen LogP contribution in [0.15, 0.2) is 47.6 Å². The summed E-state index contributed by atoms with van der Waals surface area (Å²) in [5.74, 6) is -0.0573. The van der Waals surface area contributed by atoms with E-state index in [-0.39, 0.29) is 17.1 Å². The number of rotatable bonds is 5. The molecule has 124 valence electrons. The Balaban J connectivity index is 1.85. The van der Waals surface area contributed by atoms with Crippen molar-refractivity contribution >= 4 is 29.0 Å². The molecule has 1 aromatic carbocycles. The van der Waals surface area contributed by atoms with Crippen molar-refractivity contribution in [3.8, 4) is 0 Å². The van der Waals surface area contributed by atoms with Gasteiger partial charge in [-0.3, -0.25) is 14.9 Å². The van der Waals surface area contributed by atoms with Gasteiger partial charge in [0, 0.05) is 30.6 Å². The monoisotopic (exact) mass is 344 g/mol. The van der Waals surface area contributed by atoms with Gasteiger partial charge in [-0.2, -0.15) is 0 Å². The molecule has 2 heterocycles. The maximum absolute atomic E-state index is 12.7. The van der Waals surface area contributed by atoms with E-state index in [2.05, 4.69) is 10.3 Å². The second kappa shape index (κ2) is 6.88. The van der Waals surface area contributed by atoms with Crippen LogP contribution in [0.1, 0.15) is 23.7 Å². The van der Waals surface area contributed by atoms with E-state index in [0.29, 0.717) is 22.8 Å². The highest BCUT2D eigenvalue weighted by atomic mass is 32.2. The molecule has 0 saturated heterocycles. The molecule has 0 radical (unpaired) electrons. The zero-order valence-electron chi connectivity index (χ0n) is 13.0. The summed E-state index contributed by atoms with van der Waals surface area (Å²) in [6, 6.07) is 9.69. The lowest BCUT2D eigenvalue weighted by molar-refractivity contribution is -0.384. The van der Waals surface area contributed by atoms with Gasteiger partial charge in [0.1, 0.15) is 5.03 Å². The molecule has 7 nitrogen and oxygen atoms in total. The Bertz CT molecular complexity index is 766. The number of fused-ring (bicyclic) bond motifs is 1. The summed E-state index contributed by atoms with van der Waals surface area (Å²) in [5, 5.41) is 14.7. The molecule has 1 aromatic heterocycles. The maximum Gasteiger partial charge on any atom is 0.269 e. The highest BCUT2D eigenvalue weighted by Gasteiger charge is 2.33. The number of pyridine rings is 1. The lowest BCUT2D eigenvalue weighted by Gasteiger charge is -2.36. The number of nitro benzene ring substituents is 1. The molecule has 8 heteroatoms. The minimum Gasteiger partial charge on any atom is -0.356 e. The molecule has 1 N–H and O–H groups in total. The van der Waals surface area contributed by atoms with Crippen molar-refractivity contribution in [1.82, 2.24) is 9.88 Å². The Morgan fingerprint density at radius 3 is 2.75 bits per heavy atom. The third-order valence-electron chi connectivity index (χ3n) is 3.60. The zero-order valence-corrected chi connectivity index (χ0v) is 13.8. The molecule has 3 rings (SSSR count). The summed E-state index contributed by atoms with van der Waals surface area (Å²) < 4.78 is 0. The Kier molecular flexibility index (Phi) is 4.66. The summed E-state index contributed by atoms with van der Waals surface area (Å²) in [6.07, 6.45) is 2.50. The first kappa shape index (κ1) is 16.3. The number of carbonyl (C=O) groups is 1. The van der Waals surface area contributed by atoms with Crippen molar-refractivity contribution in [2.24, 2.45) is 0 Å². The van der Waals surface area contributed by atoms with Crippen molar-refractivity contribution in [2.75, 3.05) is 11.9 Å². The van der Waals surface area contributed by atoms with E-state index in [1.54, 1.807) is 35.4 Å². The van der Waals surface area contributed by atoms with E-state index in [9.17, 15) is 14.9 Å². The van der Waals surface area contributed by atoms with Gasteiger partial charge >= 0.3 is 0 Å². The van der Waals surface area contributed by atoms with Gasteiger partial charge in [0.2, 0.25) is 0 Å². The van der Waals surface area contributed by atoms with Crippen molar-refractivity contribution in [3.63, 3.8) is 0 Å². The van der Waals surface area contributed by atoms with E-state index in [1.165, 1.54) is 23.9 Å². The molecule has 0 spiro atoms. The number of hydrogen-bond donors (Lipinski definition) is 1. The SMILES string of the molecule is CCCN1C(=O)c2cccnc2SC1Nc1ccc([N+](=O)[O-])cc1. The second-order valence-electron chi connectivity index (χ2n) is 5.27. The van der Waals surface area contributed by atoms with Gasteiger partial charge in [0.25, 0.3) is 11.6 Å². The number of nitro groups is 1. The predicted molar refractivity (Wildman–Crippen MR) is 91.9 cm³/mol. The van der Waals surface area contributed by atoms with Gasteiger partial charge in [-0.1, -0.05) is 18.7 Å². The van der Waals surface area contributed by atoms with E-state index >= 15 is 0 Å². The highest BCUT2D eigenvalue weighted by molar-refractivity contribution is 8.00. The van der Waals surface area contributed by atoms with Crippen molar-refractivity contribution in [1.29, 1.82) is 0 Å². The average molecular weight is 344 g/mol. The summed E-state index contributed by atoms with van der Waals surface area (Å²) in [4.78, 5) is 29.0. The van der Waals surface area contributed by atoms with E-state index < -0.39 is 4.92 Å². The third kappa shape index (κ3) is 3.18. The van der Waals surface area contributed by atoms with Crippen LogP contribution in [0.4, 0.5) is 11.4 Å². The second-order valence-corrected chi connectivity index (χ2v) is 6.34. The average Bonchev–Trinajstić information content (AvgIpc) is 2.59. The lowest BCUT2D eigenvalue weighted by Crippen LogP contribution is -2.46. The minimum absolute atomic E-state index is 0.0327. The molecule has 0 fully saturated rings. The molecule has 0 aliphatic carbocycles. The van der Waals surface area contributed by atoms with Crippen LogP contribution in [0, 0.1) is 10.1 Å². The van der Waals surface area contributed by atoms with E-state index in [4.69, 9.17) is 0 Å². The molecule has 0 saturated carbocycles. The van der Waals surface area contributed by atoms with Crippen LogP contribution in [0.5, 0.6) is 0 Å². The van der Waals surface area contributed by atoms with Crippen molar-refractivity contribution in [2.45, 2.75) is 23.9 Å². The Morgan fingerprint density at radius 2 is 2.08 bits per heavy atom. The smallest absolute Gasteiger partial charge is 0.269 e. The van der Waals surface area contributed by atoms with Crippen LogP contribution in [0.2, 0.25) is 0 Å². The van der Waals surface area contributed by atoms with Crippen LogP contribution in [-0.4, -0.2) is 32.8 Å².